The van der Waals surface area contributed by atoms with Crippen LogP contribution in [0.2, 0.25) is 0 Å². The second kappa shape index (κ2) is 5.29. The minimum absolute atomic E-state index is 0.0493. The van der Waals surface area contributed by atoms with E-state index < -0.39 is 17.1 Å². The van der Waals surface area contributed by atoms with E-state index in [4.69, 9.17) is 9.47 Å². The standard InChI is InChI=1S/C22H25NO5/c1-27-15-6-5-13-11-16-22(26)8-7-14(24)19-21(22,17(13)18(15)28-19)9-10-23(16)20(25)12-3-2-4-12/h5-6,12,16,19,26H,2-4,7-11H2,1H3/t16-,19+,21+,22-/m1/s1. The molecule has 1 amide bonds. The van der Waals surface area contributed by atoms with Crippen molar-refractivity contribution in [2.45, 2.75) is 68.1 Å². The first-order valence-corrected chi connectivity index (χ1v) is 10.4. The van der Waals surface area contributed by atoms with Gasteiger partial charge in [-0.25, -0.2) is 0 Å². The van der Waals surface area contributed by atoms with Gasteiger partial charge in [0.1, 0.15) is 0 Å². The summed E-state index contributed by atoms with van der Waals surface area (Å²) in [6.07, 6.45) is 4.17. The molecule has 2 saturated carbocycles. The number of ketones is 1. The zero-order valence-corrected chi connectivity index (χ0v) is 16.1. The second-order valence-corrected chi connectivity index (χ2v) is 9.12. The zero-order chi connectivity index (χ0) is 19.3. The number of piperidine rings is 1. The van der Waals surface area contributed by atoms with Crippen LogP contribution in [0.4, 0.5) is 0 Å². The van der Waals surface area contributed by atoms with Crippen LogP contribution in [-0.4, -0.2) is 53.1 Å². The average Bonchev–Trinajstić information content (AvgIpc) is 2.98. The van der Waals surface area contributed by atoms with Crippen molar-refractivity contribution in [3.05, 3.63) is 23.3 Å². The molecular weight excluding hydrogens is 358 g/mol. The molecule has 1 aromatic rings. The molecule has 3 aliphatic carbocycles. The summed E-state index contributed by atoms with van der Waals surface area (Å²) in [5, 5.41) is 12.1. The maximum Gasteiger partial charge on any atom is 0.226 e. The summed E-state index contributed by atoms with van der Waals surface area (Å²) < 4.78 is 11.7. The fourth-order valence-corrected chi connectivity index (χ4v) is 6.63. The van der Waals surface area contributed by atoms with Gasteiger partial charge in [-0.15, -0.1) is 0 Å². The highest BCUT2D eigenvalue weighted by Gasteiger charge is 2.73. The molecule has 6 nitrogen and oxygen atoms in total. The minimum Gasteiger partial charge on any atom is -0.493 e. The number of nitrogens with zero attached hydrogens (tertiary/aromatic N) is 1. The van der Waals surface area contributed by atoms with Gasteiger partial charge in [0.05, 0.1) is 24.2 Å². The number of hydrogen-bond donors (Lipinski definition) is 1. The molecule has 1 spiro atoms. The van der Waals surface area contributed by atoms with Gasteiger partial charge >= 0.3 is 0 Å². The third kappa shape index (κ3) is 1.70. The Hall–Kier alpha value is -2.08. The number of aliphatic hydroxyl groups is 1. The maximum absolute atomic E-state index is 13.2. The number of rotatable bonds is 2. The molecule has 2 heterocycles. The molecule has 2 bridgehead atoms. The van der Waals surface area contributed by atoms with Crippen molar-refractivity contribution >= 4 is 11.7 Å². The van der Waals surface area contributed by atoms with E-state index in [1.807, 2.05) is 17.0 Å². The Morgan fingerprint density at radius 2 is 2.14 bits per heavy atom. The van der Waals surface area contributed by atoms with Gasteiger partial charge in [-0.3, -0.25) is 9.59 Å². The summed E-state index contributed by atoms with van der Waals surface area (Å²) in [5.74, 6) is 1.57. The predicted molar refractivity (Wildman–Crippen MR) is 99.4 cm³/mol. The molecule has 1 saturated heterocycles. The van der Waals surface area contributed by atoms with Crippen LogP contribution in [0.15, 0.2) is 12.1 Å². The summed E-state index contributed by atoms with van der Waals surface area (Å²) in [6.45, 7) is 0.575. The number of ether oxygens (including phenoxy) is 2. The Kier molecular flexibility index (Phi) is 3.18. The zero-order valence-electron chi connectivity index (χ0n) is 16.1. The van der Waals surface area contributed by atoms with Crippen molar-refractivity contribution in [2.75, 3.05) is 13.7 Å². The Morgan fingerprint density at radius 3 is 2.86 bits per heavy atom. The normalized spacial score (nSPS) is 37.8. The first-order chi connectivity index (χ1) is 13.5. The number of methoxy groups -OCH3 is 1. The van der Waals surface area contributed by atoms with E-state index in [2.05, 4.69) is 0 Å². The van der Waals surface area contributed by atoms with Crippen molar-refractivity contribution in [2.24, 2.45) is 5.92 Å². The van der Waals surface area contributed by atoms with Crippen molar-refractivity contribution in [3.63, 3.8) is 0 Å². The lowest BCUT2D eigenvalue weighted by molar-refractivity contribution is -0.195. The van der Waals surface area contributed by atoms with Crippen LogP contribution in [0.3, 0.4) is 0 Å². The van der Waals surface area contributed by atoms with Crippen LogP contribution in [0.25, 0.3) is 0 Å². The van der Waals surface area contributed by atoms with E-state index in [1.54, 1.807) is 7.11 Å². The predicted octanol–water partition coefficient (Wildman–Crippen LogP) is 1.75. The summed E-state index contributed by atoms with van der Waals surface area (Å²) in [7, 11) is 1.60. The van der Waals surface area contributed by atoms with Crippen LogP contribution in [0.5, 0.6) is 11.5 Å². The highest BCUT2D eigenvalue weighted by atomic mass is 16.5. The van der Waals surface area contributed by atoms with Crippen molar-refractivity contribution < 1.29 is 24.2 Å². The molecule has 148 valence electrons. The molecule has 3 fully saturated rings. The fourth-order valence-electron chi connectivity index (χ4n) is 6.63. The summed E-state index contributed by atoms with van der Waals surface area (Å²) in [4.78, 5) is 28.0. The molecule has 0 radical (unpaired) electrons. The molecule has 6 heteroatoms. The van der Waals surface area contributed by atoms with Gasteiger partial charge in [0.25, 0.3) is 0 Å². The fraction of sp³-hybridized carbons (Fsp3) is 0.636. The maximum atomic E-state index is 13.2. The number of likely N-dealkylation sites (tertiary alicyclic amines) is 1. The average molecular weight is 383 g/mol. The van der Waals surface area contributed by atoms with Crippen molar-refractivity contribution in [3.8, 4) is 11.5 Å². The Bertz CT molecular complexity index is 908. The molecule has 1 N–H and O–H groups in total. The number of hydrogen-bond acceptors (Lipinski definition) is 5. The van der Waals surface area contributed by atoms with E-state index in [1.165, 1.54) is 0 Å². The van der Waals surface area contributed by atoms with Crippen molar-refractivity contribution in [1.29, 1.82) is 0 Å². The van der Waals surface area contributed by atoms with E-state index in [0.717, 1.165) is 30.4 Å². The van der Waals surface area contributed by atoms with Crippen molar-refractivity contribution in [1.82, 2.24) is 4.90 Å². The van der Waals surface area contributed by atoms with Gasteiger partial charge in [-0.2, -0.15) is 0 Å². The SMILES string of the molecule is COc1ccc2c3c1O[C@H]1C(=O)CC[C@@]4(O)[C@@H](C2)N(C(=O)C2CCC2)CC[C@]314. The largest absolute Gasteiger partial charge is 0.493 e. The lowest BCUT2D eigenvalue weighted by Gasteiger charge is -2.62. The number of amides is 1. The van der Waals surface area contributed by atoms with Crippen LogP contribution >= 0.6 is 0 Å². The van der Waals surface area contributed by atoms with Crippen LogP contribution in [0.1, 0.15) is 49.7 Å². The number of carbonyl (C=O) groups excluding carboxylic acids is 2. The minimum atomic E-state index is -1.13. The van der Waals surface area contributed by atoms with E-state index in [0.29, 0.717) is 37.3 Å². The van der Waals surface area contributed by atoms with Crippen LogP contribution in [-0.2, 0) is 21.4 Å². The van der Waals surface area contributed by atoms with Gasteiger partial charge in [0, 0.05) is 24.4 Å². The number of benzene rings is 1. The van der Waals surface area contributed by atoms with Gasteiger partial charge in [0.15, 0.2) is 23.4 Å². The smallest absolute Gasteiger partial charge is 0.226 e. The Morgan fingerprint density at radius 1 is 1.32 bits per heavy atom. The monoisotopic (exact) mass is 383 g/mol. The summed E-state index contributed by atoms with van der Waals surface area (Å²) in [6, 6.07) is 3.61. The third-order valence-electron chi connectivity index (χ3n) is 8.20. The van der Waals surface area contributed by atoms with Gasteiger partial charge in [-0.05, 0) is 43.7 Å². The quantitative estimate of drug-likeness (QED) is 0.842. The molecule has 0 aromatic heterocycles. The second-order valence-electron chi connectivity index (χ2n) is 9.12. The number of carbonyl (C=O) groups is 2. The van der Waals surface area contributed by atoms with Gasteiger partial charge in [-0.1, -0.05) is 12.5 Å². The molecule has 5 aliphatic rings. The summed E-state index contributed by atoms with van der Waals surface area (Å²) in [5.41, 5.74) is 0.141. The first-order valence-electron chi connectivity index (χ1n) is 10.4. The van der Waals surface area contributed by atoms with E-state index in [-0.39, 0.29) is 30.1 Å². The lowest BCUT2D eigenvalue weighted by Crippen LogP contribution is -2.77. The molecule has 1 aromatic carbocycles. The first kappa shape index (κ1) is 16.8. The van der Waals surface area contributed by atoms with Gasteiger partial charge < -0.3 is 19.5 Å². The highest BCUT2D eigenvalue weighted by molar-refractivity contribution is 5.90. The number of Topliss-reactive ketones (excluding diaryl/α,β-unsaturated/α-hetero) is 1. The Balaban J connectivity index is 1.55. The molecule has 4 atom stereocenters. The Labute approximate surface area is 163 Å². The van der Waals surface area contributed by atoms with E-state index >= 15 is 0 Å². The summed E-state index contributed by atoms with van der Waals surface area (Å²) >= 11 is 0. The molecular formula is C22H25NO5. The molecule has 28 heavy (non-hydrogen) atoms. The molecule has 2 aliphatic heterocycles. The van der Waals surface area contributed by atoms with Crippen LogP contribution < -0.4 is 9.47 Å². The third-order valence-corrected chi connectivity index (χ3v) is 8.20. The molecule has 0 unspecified atom stereocenters. The highest BCUT2D eigenvalue weighted by Crippen LogP contribution is 2.65. The topological polar surface area (TPSA) is 76.1 Å². The molecule has 6 rings (SSSR count). The van der Waals surface area contributed by atoms with Crippen LogP contribution in [0, 0.1) is 5.92 Å². The van der Waals surface area contributed by atoms with Gasteiger partial charge in [0.2, 0.25) is 5.91 Å². The lowest BCUT2D eigenvalue weighted by atomic mass is 9.49. The van der Waals surface area contributed by atoms with E-state index in [9.17, 15) is 14.7 Å².